The van der Waals surface area contributed by atoms with E-state index < -0.39 is 0 Å². The van der Waals surface area contributed by atoms with Gasteiger partial charge in [0.05, 0.1) is 6.61 Å². The van der Waals surface area contributed by atoms with Crippen LogP contribution >= 0.6 is 0 Å². The van der Waals surface area contributed by atoms with Gasteiger partial charge in [0, 0.05) is 0 Å². The average molecular weight is 224 g/mol. The smallest absolute Gasteiger partial charge is 0.0681 e. The van der Waals surface area contributed by atoms with E-state index in [-0.39, 0.29) is 6.61 Å². The largest absolute Gasteiger partial charge is 0.392 e. The van der Waals surface area contributed by atoms with E-state index in [0.717, 1.165) is 5.56 Å². The molecule has 0 saturated carbocycles. The maximum Gasteiger partial charge on any atom is 0.0681 e. The second-order valence-corrected chi connectivity index (χ2v) is 3.98. The molecule has 0 aliphatic heterocycles. The van der Waals surface area contributed by atoms with Crippen LogP contribution in [0.25, 0.3) is 17.2 Å². The fourth-order valence-electron chi connectivity index (χ4n) is 1.82. The first-order chi connectivity index (χ1) is 8.33. The quantitative estimate of drug-likeness (QED) is 0.838. The lowest BCUT2D eigenvalue weighted by molar-refractivity contribution is 0.282. The van der Waals surface area contributed by atoms with E-state index in [1.54, 1.807) is 0 Å². The third kappa shape index (κ3) is 2.83. The Hall–Kier alpha value is -1.86. The highest BCUT2D eigenvalue weighted by atomic mass is 16.3. The summed E-state index contributed by atoms with van der Waals surface area (Å²) in [6.07, 6.45) is 4.12. The zero-order chi connectivity index (χ0) is 12.1. The summed E-state index contributed by atoms with van der Waals surface area (Å²) in [6, 6.07) is 16.4. The van der Waals surface area contributed by atoms with E-state index in [0.29, 0.717) is 0 Å². The highest BCUT2D eigenvalue weighted by Crippen LogP contribution is 2.21. The van der Waals surface area contributed by atoms with Crippen LogP contribution in [0.5, 0.6) is 0 Å². The monoisotopic (exact) mass is 224 g/mol. The van der Waals surface area contributed by atoms with E-state index in [1.165, 1.54) is 16.7 Å². The Morgan fingerprint density at radius 3 is 2.41 bits per heavy atom. The Kier molecular flexibility index (Phi) is 3.73. The van der Waals surface area contributed by atoms with Gasteiger partial charge in [0.15, 0.2) is 0 Å². The summed E-state index contributed by atoms with van der Waals surface area (Å²) < 4.78 is 0. The molecule has 0 fully saturated rings. The predicted octanol–water partition coefficient (Wildman–Crippen LogP) is 3.88. The molecule has 0 aliphatic carbocycles. The summed E-state index contributed by atoms with van der Waals surface area (Å²) >= 11 is 0. The molecule has 0 aromatic heterocycles. The third-order valence-corrected chi connectivity index (χ3v) is 2.72. The van der Waals surface area contributed by atoms with Gasteiger partial charge < -0.3 is 5.11 Å². The lowest BCUT2D eigenvalue weighted by Gasteiger charge is -2.04. The van der Waals surface area contributed by atoms with Crippen LogP contribution in [0.3, 0.4) is 0 Å². The summed E-state index contributed by atoms with van der Waals surface area (Å²) in [6.45, 7) is 2.11. The number of hydrogen-bond acceptors (Lipinski definition) is 1. The molecule has 86 valence electrons. The number of aliphatic hydroxyl groups is 1. The van der Waals surface area contributed by atoms with Crippen LogP contribution in [0.1, 0.15) is 18.1 Å². The second kappa shape index (κ2) is 5.46. The maximum absolute atomic E-state index is 9.00. The van der Waals surface area contributed by atoms with E-state index in [1.807, 2.05) is 37.3 Å². The number of rotatable bonds is 3. The number of allylic oxidation sites excluding steroid dienone is 1. The zero-order valence-corrected chi connectivity index (χ0v) is 9.93. The summed E-state index contributed by atoms with van der Waals surface area (Å²) in [5.74, 6) is 0. The molecule has 0 radical (unpaired) electrons. The van der Waals surface area contributed by atoms with Crippen molar-refractivity contribution in [3.05, 3.63) is 65.7 Å². The average Bonchev–Trinajstić information content (AvgIpc) is 2.40. The molecule has 0 atom stereocenters. The van der Waals surface area contributed by atoms with Gasteiger partial charge in [-0.1, -0.05) is 54.6 Å². The van der Waals surface area contributed by atoms with E-state index in [4.69, 9.17) is 5.11 Å². The molecule has 2 rings (SSSR count). The molecule has 0 spiro atoms. The van der Waals surface area contributed by atoms with E-state index >= 15 is 0 Å². The predicted molar refractivity (Wildman–Crippen MR) is 72.5 cm³/mol. The van der Waals surface area contributed by atoms with Crippen LogP contribution in [-0.4, -0.2) is 5.11 Å². The third-order valence-electron chi connectivity index (χ3n) is 2.72. The van der Waals surface area contributed by atoms with Gasteiger partial charge in [0.1, 0.15) is 0 Å². The Balaban J connectivity index is 2.34. The lowest BCUT2D eigenvalue weighted by Crippen LogP contribution is -1.83. The number of aliphatic hydroxyl groups excluding tert-OH is 1. The highest BCUT2D eigenvalue weighted by molar-refractivity contribution is 5.67. The maximum atomic E-state index is 9.00. The molecule has 0 unspecified atom stereocenters. The first kappa shape index (κ1) is 11.6. The van der Waals surface area contributed by atoms with Crippen molar-refractivity contribution in [1.82, 2.24) is 0 Å². The van der Waals surface area contributed by atoms with Crippen molar-refractivity contribution in [2.45, 2.75) is 13.5 Å². The van der Waals surface area contributed by atoms with Gasteiger partial charge in [0.2, 0.25) is 0 Å². The van der Waals surface area contributed by atoms with Crippen LogP contribution < -0.4 is 0 Å². The molecular formula is C16H16O. The Bertz CT molecular complexity index is 509. The van der Waals surface area contributed by atoms with Crippen molar-refractivity contribution in [3.8, 4) is 11.1 Å². The summed E-state index contributed by atoms with van der Waals surface area (Å²) in [5.41, 5.74) is 4.52. The Morgan fingerprint density at radius 1 is 1.00 bits per heavy atom. The van der Waals surface area contributed by atoms with E-state index in [9.17, 15) is 0 Å². The SMILES string of the molecule is CC=Cc1cccc(-c2ccc(CO)cc2)c1. The second-order valence-electron chi connectivity index (χ2n) is 3.98. The fourth-order valence-corrected chi connectivity index (χ4v) is 1.82. The van der Waals surface area contributed by atoms with Crippen molar-refractivity contribution in [2.24, 2.45) is 0 Å². The lowest BCUT2D eigenvalue weighted by atomic mass is 10.0. The molecule has 1 heteroatoms. The van der Waals surface area contributed by atoms with Crippen molar-refractivity contribution >= 4 is 6.08 Å². The number of hydrogen-bond donors (Lipinski definition) is 1. The van der Waals surface area contributed by atoms with Crippen LogP contribution in [0.2, 0.25) is 0 Å². The van der Waals surface area contributed by atoms with Crippen LogP contribution in [0.15, 0.2) is 54.6 Å². The molecule has 0 amide bonds. The fraction of sp³-hybridized carbons (Fsp3) is 0.125. The topological polar surface area (TPSA) is 20.2 Å². The molecule has 0 saturated heterocycles. The van der Waals surface area contributed by atoms with Gasteiger partial charge in [-0.2, -0.15) is 0 Å². The molecule has 2 aromatic rings. The highest BCUT2D eigenvalue weighted by Gasteiger charge is 1.98. The standard InChI is InChI=1S/C16H16O/c1-2-4-13-5-3-6-16(11-13)15-9-7-14(12-17)8-10-15/h2-11,17H,12H2,1H3. The minimum Gasteiger partial charge on any atom is -0.392 e. The van der Waals surface area contributed by atoms with Crippen molar-refractivity contribution in [3.63, 3.8) is 0 Å². The van der Waals surface area contributed by atoms with Crippen molar-refractivity contribution < 1.29 is 5.11 Å². The summed E-state index contributed by atoms with van der Waals surface area (Å²) in [5, 5.41) is 9.00. The normalized spacial score (nSPS) is 10.9. The van der Waals surface area contributed by atoms with Crippen molar-refractivity contribution in [2.75, 3.05) is 0 Å². The van der Waals surface area contributed by atoms with Crippen LogP contribution in [0.4, 0.5) is 0 Å². The molecule has 17 heavy (non-hydrogen) atoms. The minimum absolute atomic E-state index is 0.0961. The number of benzene rings is 2. The van der Waals surface area contributed by atoms with Gasteiger partial charge >= 0.3 is 0 Å². The molecule has 1 nitrogen and oxygen atoms in total. The molecule has 0 bridgehead atoms. The Labute approximate surface area is 102 Å². The van der Waals surface area contributed by atoms with Gasteiger partial charge in [0.25, 0.3) is 0 Å². The minimum atomic E-state index is 0.0961. The van der Waals surface area contributed by atoms with Crippen LogP contribution in [-0.2, 0) is 6.61 Å². The van der Waals surface area contributed by atoms with Crippen molar-refractivity contribution in [1.29, 1.82) is 0 Å². The first-order valence-corrected chi connectivity index (χ1v) is 5.76. The van der Waals surface area contributed by atoms with Crippen LogP contribution in [0, 0.1) is 0 Å². The van der Waals surface area contributed by atoms with Gasteiger partial charge in [-0.15, -0.1) is 0 Å². The zero-order valence-electron chi connectivity index (χ0n) is 9.93. The Morgan fingerprint density at radius 2 is 1.76 bits per heavy atom. The van der Waals surface area contributed by atoms with Gasteiger partial charge in [-0.05, 0) is 35.2 Å². The molecule has 0 aliphatic rings. The molecule has 2 aromatic carbocycles. The summed E-state index contributed by atoms with van der Waals surface area (Å²) in [4.78, 5) is 0. The van der Waals surface area contributed by atoms with Gasteiger partial charge in [-0.3, -0.25) is 0 Å². The molecular weight excluding hydrogens is 208 g/mol. The summed E-state index contributed by atoms with van der Waals surface area (Å²) in [7, 11) is 0. The van der Waals surface area contributed by atoms with Gasteiger partial charge in [-0.25, -0.2) is 0 Å². The first-order valence-electron chi connectivity index (χ1n) is 5.76. The molecule has 0 heterocycles. The van der Waals surface area contributed by atoms with E-state index in [2.05, 4.69) is 30.3 Å². The molecule has 1 N–H and O–H groups in total.